The normalized spacial score (nSPS) is 11.3. The van der Waals surface area contributed by atoms with Gasteiger partial charge in [0.25, 0.3) is 0 Å². The number of benzene rings is 7. The second-order valence-electron chi connectivity index (χ2n) is 12.1. The Morgan fingerprint density at radius 3 is 1.24 bits per heavy atom. The quantitative estimate of drug-likeness (QED) is 0.181. The highest BCUT2D eigenvalue weighted by atomic mass is 32.1. The van der Waals surface area contributed by atoms with Crippen molar-refractivity contribution in [2.45, 2.75) is 0 Å². The molecule has 0 radical (unpaired) electrons. The molecule has 0 aliphatic carbocycles. The molecule has 9 aromatic rings. The zero-order chi connectivity index (χ0) is 32.6. The van der Waals surface area contributed by atoms with Gasteiger partial charge in [0.2, 0.25) is 0 Å². The van der Waals surface area contributed by atoms with E-state index in [4.69, 9.17) is 15.0 Å². The van der Waals surface area contributed by atoms with Crippen molar-refractivity contribution < 1.29 is 0 Å². The van der Waals surface area contributed by atoms with Crippen LogP contribution in [0.2, 0.25) is 0 Å². The minimum absolute atomic E-state index is 0.646. The molecule has 0 atom stereocenters. The molecule has 0 N–H and O–H groups in total. The Labute approximate surface area is 288 Å². The van der Waals surface area contributed by atoms with Gasteiger partial charge in [-0.25, -0.2) is 15.0 Å². The van der Waals surface area contributed by atoms with E-state index >= 15 is 0 Å². The number of nitrogens with zero attached hydrogens (tertiary/aromatic N) is 3. The molecule has 0 bridgehead atoms. The van der Waals surface area contributed by atoms with E-state index in [0.29, 0.717) is 17.5 Å². The van der Waals surface area contributed by atoms with E-state index in [1.165, 1.54) is 42.4 Å². The molecule has 49 heavy (non-hydrogen) atoms. The van der Waals surface area contributed by atoms with Crippen LogP contribution in [0.4, 0.5) is 0 Å². The number of aromatic nitrogens is 3. The lowest BCUT2D eigenvalue weighted by Gasteiger charge is -2.10. The fraction of sp³-hybridized carbons (Fsp3) is 0. The third-order valence-corrected chi connectivity index (χ3v) is 10.1. The summed E-state index contributed by atoms with van der Waals surface area (Å²) in [5.74, 6) is 1.95. The summed E-state index contributed by atoms with van der Waals surface area (Å²) in [6, 6.07) is 61.7. The SMILES string of the molecule is c1ccc(-c2cccc(-c3ccc(-c4nc(-c5ccccc5)nc(-c5ccc(-c6ccc7c(c6)sc6ccccc67)cc5)n4)cc3)c2)cc1. The minimum Gasteiger partial charge on any atom is -0.208 e. The van der Waals surface area contributed by atoms with Crippen molar-refractivity contribution >= 4 is 31.5 Å². The lowest BCUT2D eigenvalue weighted by molar-refractivity contribution is 1.07. The molecule has 7 aromatic carbocycles. The molecule has 0 saturated heterocycles. The van der Waals surface area contributed by atoms with Crippen LogP contribution in [-0.2, 0) is 0 Å². The van der Waals surface area contributed by atoms with Gasteiger partial charge in [0.1, 0.15) is 0 Å². The van der Waals surface area contributed by atoms with Crippen LogP contribution in [0, 0.1) is 0 Å². The van der Waals surface area contributed by atoms with Crippen LogP contribution < -0.4 is 0 Å². The van der Waals surface area contributed by atoms with E-state index in [2.05, 4.69) is 140 Å². The molecular weight excluding hydrogens is 615 g/mol. The first kappa shape index (κ1) is 29.0. The van der Waals surface area contributed by atoms with Gasteiger partial charge in [-0.1, -0.05) is 158 Å². The van der Waals surface area contributed by atoms with Gasteiger partial charge in [-0.05, 0) is 51.6 Å². The van der Waals surface area contributed by atoms with Crippen molar-refractivity contribution in [1.29, 1.82) is 0 Å². The molecule has 0 saturated carbocycles. The van der Waals surface area contributed by atoms with Crippen LogP contribution in [0.1, 0.15) is 0 Å². The second-order valence-corrected chi connectivity index (χ2v) is 13.2. The Balaban J connectivity index is 1.06. The third-order valence-electron chi connectivity index (χ3n) is 8.97. The van der Waals surface area contributed by atoms with Gasteiger partial charge in [0.05, 0.1) is 0 Å². The minimum atomic E-state index is 0.646. The highest BCUT2D eigenvalue weighted by molar-refractivity contribution is 7.25. The van der Waals surface area contributed by atoms with Gasteiger partial charge in [-0.2, -0.15) is 0 Å². The summed E-state index contributed by atoms with van der Waals surface area (Å²) in [5.41, 5.74) is 9.91. The molecule has 2 heterocycles. The molecule has 4 heteroatoms. The van der Waals surface area contributed by atoms with Gasteiger partial charge in [-0.3, -0.25) is 0 Å². The lowest BCUT2D eigenvalue weighted by Crippen LogP contribution is -2.00. The van der Waals surface area contributed by atoms with E-state index in [-0.39, 0.29) is 0 Å². The highest BCUT2D eigenvalue weighted by Gasteiger charge is 2.14. The standard InChI is InChI=1S/C45H29N3S/c1-3-10-30(11-4-1)36-14-9-15-37(28-36)31-18-22-34(23-19-31)44-46-43(33-12-5-2-6-13-33)47-45(48-44)35-24-20-32(21-25-35)38-26-27-40-39-16-7-8-17-41(39)49-42(40)29-38/h1-29H. The number of hydrogen-bond donors (Lipinski definition) is 0. The topological polar surface area (TPSA) is 38.7 Å². The molecular formula is C45H29N3S. The lowest BCUT2D eigenvalue weighted by atomic mass is 9.98. The number of fused-ring (bicyclic) bond motifs is 3. The summed E-state index contributed by atoms with van der Waals surface area (Å²) in [6.07, 6.45) is 0. The summed E-state index contributed by atoms with van der Waals surface area (Å²) in [6.45, 7) is 0. The molecule has 3 nitrogen and oxygen atoms in total. The number of hydrogen-bond acceptors (Lipinski definition) is 4. The highest BCUT2D eigenvalue weighted by Crippen LogP contribution is 2.37. The van der Waals surface area contributed by atoms with E-state index in [9.17, 15) is 0 Å². The molecule has 230 valence electrons. The fourth-order valence-electron chi connectivity index (χ4n) is 6.39. The van der Waals surface area contributed by atoms with Crippen LogP contribution in [0.5, 0.6) is 0 Å². The van der Waals surface area contributed by atoms with E-state index < -0.39 is 0 Å². The first-order chi connectivity index (χ1) is 24.2. The molecule has 0 fully saturated rings. The predicted octanol–water partition coefficient (Wildman–Crippen LogP) is 12.2. The average molecular weight is 644 g/mol. The van der Waals surface area contributed by atoms with Gasteiger partial charge >= 0.3 is 0 Å². The van der Waals surface area contributed by atoms with Gasteiger partial charge < -0.3 is 0 Å². The van der Waals surface area contributed by atoms with Crippen LogP contribution in [0.3, 0.4) is 0 Å². The molecule has 2 aromatic heterocycles. The average Bonchev–Trinajstić information content (AvgIpc) is 3.57. The Kier molecular flexibility index (Phi) is 7.34. The second kappa shape index (κ2) is 12.4. The van der Waals surface area contributed by atoms with Crippen LogP contribution in [-0.4, -0.2) is 15.0 Å². The van der Waals surface area contributed by atoms with Crippen LogP contribution >= 0.6 is 11.3 Å². The van der Waals surface area contributed by atoms with E-state index in [0.717, 1.165) is 27.8 Å². The molecule has 0 spiro atoms. The Morgan fingerprint density at radius 2 is 0.653 bits per heavy atom. The summed E-state index contributed by atoms with van der Waals surface area (Å²) < 4.78 is 2.61. The molecule has 0 unspecified atom stereocenters. The summed E-state index contributed by atoms with van der Waals surface area (Å²) in [5, 5.41) is 2.62. The van der Waals surface area contributed by atoms with Crippen molar-refractivity contribution in [1.82, 2.24) is 15.0 Å². The van der Waals surface area contributed by atoms with Crippen LogP contribution in [0.25, 0.3) is 87.7 Å². The first-order valence-electron chi connectivity index (χ1n) is 16.4. The molecule has 0 amide bonds. The first-order valence-corrected chi connectivity index (χ1v) is 17.2. The smallest absolute Gasteiger partial charge is 0.164 e. The number of thiophene rings is 1. The zero-order valence-electron chi connectivity index (χ0n) is 26.5. The molecule has 9 rings (SSSR count). The summed E-state index contributed by atoms with van der Waals surface area (Å²) in [4.78, 5) is 14.9. The fourth-order valence-corrected chi connectivity index (χ4v) is 7.53. The number of rotatable bonds is 6. The predicted molar refractivity (Wildman–Crippen MR) is 205 cm³/mol. The maximum absolute atomic E-state index is 5.00. The Hall–Kier alpha value is -6.23. The maximum Gasteiger partial charge on any atom is 0.164 e. The maximum atomic E-state index is 5.00. The summed E-state index contributed by atoms with van der Waals surface area (Å²) >= 11 is 1.84. The Morgan fingerprint density at radius 1 is 0.265 bits per heavy atom. The van der Waals surface area contributed by atoms with Crippen molar-refractivity contribution in [3.8, 4) is 67.5 Å². The molecule has 0 aliphatic rings. The van der Waals surface area contributed by atoms with E-state index in [1.807, 2.05) is 47.7 Å². The van der Waals surface area contributed by atoms with Gasteiger partial charge in [-0.15, -0.1) is 11.3 Å². The van der Waals surface area contributed by atoms with Gasteiger partial charge in [0.15, 0.2) is 17.5 Å². The monoisotopic (exact) mass is 643 g/mol. The van der Waals surface area contributed by atoms with Crippen molar-refractivity contribution in [2.75, 3.05) is 0 Å². The Bertz CT molecular complexity index is 2570. The van der Waals surface area contributed by atoms with Crippen LogP contribution in [0.15, 0.2) is 176 Å². The van der Waals surface area contributed by atoms with Gasteiger partial charge in [0, 0.05) is 36.9 Å². The summed E-state index contributed by atoms with van der Waals surface area (Å²) in [7, 11) is 0. The van der Waals surface area contributed by atoms with E-state index in [1.54, 1.807) is 0 Å². The van der Waals surface area contributed by atoms with Crippen molar-refractivity contribution in [3.05, 3.63) is 176 Å². The largest absolute Gasteiger partial charge is 0.208 e. The van der Waals surface area contributed by atoms with Crippen molar-refractivity contribution in [3.63, 3.8) is 0 Å². The van der Waals surface area contributed by atoms with Crippen molar-refractivity contribution in [2.24, 2.45) is 0 Å². The third kappa shape index (κ3) is 5.69. The molecule has 0 aliphatic heterocycles. The zero-order valence-corrected chi connectivity index (χ0v) is 27.3.